The van der Waals surface area contributed by atoms with Gasteiger partial charge in [-0.05, 0) is 56.5 Å². The number of hydrogen-bond donors (Lipinski definition) is 0. The number of carbonyl (C=O) groups is 1. The molecule has 25 heavy (non-hydrogen) atoms. The van der Waals surface area contributed by atoms with Crippen molar-refractivity contribution in [1.82, 2.24) is 9.38 Å². The van der Waals surface area contributed by atoms with Gasteiger partial charge in [0.05, 0.1) is 5.69 Å². The molecule has 1 aromatic carbocycles. The number of aryl methyl sites for hydroxylation is 2. The molecule has 2 aromatic heterocycles. The average Bonchev–Trinajstić information content (AvgIpc) is 3.00. The van der Waals surface area contributed by atoms with E-state index in [1.54, 1.807) is 0 Å². The van der Waals surface area contributed by atoms with E-state index >= 15 is 0 Å². The fourth-order valence-corrected chi connectivity index (χ4v) is 3.85. The van der Waals surface area contributed by atoms with Crippen molar-refractivity contribution in [3.8, 4) is 0 Å². The zero-order valence-electron chi connectivity index (χ0n) is 14.8. The summed E-state index contributed by atoms with van der Waals surface area (Å²) >= 11 is 0. The molecule has 0 N–H and O–H groups in total. The van der Waals surface area contributed by atoms with E-state index in [4.69, 9.17) is 4.98 Å². The van der Waals surface area contributed by atoms with Gasteiger partial charge in [-0.25, -0.2) is 4.98 Å². The summed E-state index contributed by atoms with van der Waals surface area (Å²) in [5, 5.41) is 0. The molecule has 4 heteroatoms. The third-order valence-corrected chi connectivity index (χ3v) is 5.13. The van der Waals surface area contributed by atoms with Gasteiger partial charge in [-0.15, -0.1) is 0 Å². The molecule has 0 saturated carbocycles. The first kappa shape index (κ1) is 15.9. The van der Waals surface area contributed by atoms with Crippen molar-refractivity contribution in [2.75, 3.05) is 11.4 Å². The molecule has 1 aliphatic carbocycles. The molecule has 0 spiro atoms. The Morgan fingerprint density at radius 1 is 1.28 bits per heavy atom. The topological polar surface area (TPSA) is 37.6 Å². The highest BCUT2D eigenvalue weighted by Crippen LogP contribution is 2.29. The maximum atomic E-state index is 13.2. The van der Waals surface area contributed by atoms with E-state index in [9.17, 15) is 4.79 Å². The van der Waals surface area contributed by atoms with Crippen LogP contribution in [0.4, 0.5) is 5.69 Å². The van der Waals surface area contributed by atoms with Crippen LogP contribution in [-0.4, -0.2) is 21.8 Å². The molecule has 0 aliphatic heterocycles. The van der Waals surface area contributed by atoms with E-state index in [1.807, 2.05) is 48.4 Å². The zero-order valence-corrected chi connectivity index (χ0v) is 14.8. The van der Waals surface area contributed by atoms with Gasteiger partial charge in [-0.1, -0.05) is 18.2 Å². The molecule has 2 heterocycles. The summed E-state index contributed by atoms with van der Waals surface area (Å²) in [5.41, 5.74) is 5.49. The Morgan fingerprint density at radius 3 is 2.96 bits per heavy atom. The standard InChI is InChI=1S/C21H23N3O/c1-3-23(17-8-6-7-15(2)13-17)21(25)16-10-11-18-19(14-16)24-12-5-4-9-20(24)22-18/h4-9,12-13,16H,3,10-11,14H2,1-2H3. The lowest BCUT2D eigenvalue weighted by Gasteiger charge is -2.28. The Hall–Kier alpha value is -2.62. The predicted octanol–water partition coefficient (Wildman–Crippen LogP) is 3.80. The van der Waals surface area contributed by atoms with Crippen LogP contribution in [0.1, 0.15) is 30.3 Å². The molecule has 0 fully saturated rings. The van der Waals surface area contributed by atoms with Crippen LogP contribution in [-0.2, 0) is 17.6 Å². The fraction of sp³-hybridized carbons (Fsp3) is 0.333. The second kappa shape index (κ2) is 6.36. The highest BCUT2D eigenvalue weighted by atomic mass is 16.2. The van der Waals surface area contributed by atoms with Gasteiger partial charge in [0, 0.05) is 36.5 Å². The van der Waals surface area contributed by atoms with Crippen LogP contribution in [0, 0.1) is 12.8 Å². The highest BCUT2D eigenvalue weighted by Gasteiger charge is 2.31. The summed E-state index contributed by atoms with van der Waals surface area (Å²) in [6.07, 6.45) is 4.56. The molecular formula is C21H23N3O. The number of amides is 1. The van der Waals surface area contributed by atoms with E-state index < -0.39 is 0 Å². The Morgan fingerprint density at radius 2 is 2.16 bits per heavy atom. The molecule has 3 aromatic rings. The molecule has 0 saturated heterocycles. The normalized spacial score (nSPS) is 16.6. The average molecular weight is 333 g/mol. The van der Waals surface area contributed by atoms with Gasteiger partial charge in [-0.3, -0.25) is 4.79 Å². The van der Waals surface area contributed by atoms with Crippen LogP contribution in [0.3, 0.4) is 0 Å². The quantitative estimate of drug-likeness (QED) is 0.731. The van der Waals surface area contributed by atoms with Crippen LogP contribution in [0.2, 0.25) is 0 Å². The van der Waals surface area contributed by atoms with Gasteiger partial charge >= 0.3 is 0 Å². The van der Waals surface area contributed by atoms with Gasteiger partial charge in [0.1, 0.15) is 5.65 Å². The van der Waals surface area contributed by atoms with E-state index in [0.29, 0.717) is 6.54 Å². The van der Waals surface area contributed by atoms with Crippen LogP contribution in [0.15, 0.2) is 48.7 Å². The van der Waals surface area contributed by atoms with E-state index in [-0.39, 0.29) is 11.8 Å². The number of imidazole rings is 1. The maximum Gasteiger partial charge on any atom is 0.230 e. The molecule has 1 amide bonds. The Bertz CT molecular complexity index is 928. The summed E-state index contributed by atoms with van der Waals surface area (Å²) in [4.78, 5) is 19.8. The van der Waals surface area contributed by atoms with E-state index in [0.717, 1.165) is 36.3 Å². The van der Waals surface area contributed by atoms with E-state index in [2.05, 4.69) is 23.5 Å². The highest BCUT2D eigenvalue weighted by molar-refractivity contribution is 5.95. The summed E-state index contributed by atoms with van der Waals surface area (Å²) in [5.74, 6) is 0.248. The lowest BCUT2D eigenvalue weighted by atomic mass is 9.88. The van der Waals surface area contributed by atoms with Crippen molar-refractivity contribution in [3.05, 3.63) is 65.6 Å². The second-order valence-corrected chi connectivity index (χ2v) is 6.80. The number of pyridine rings is 1. The van der Waals surface area contributed by atoms with Gasteiger partial charge in [0.2, 0.25) is 5.91 Å². The first-order valence-corrected chi connectivity index (χ1v) is 9.00. The maximum absolute atomic E-state index is 13.2. The van der Waals surface area contributed by atoms with Crippen molar-refractivity contribution in [3.63, 3.8) is 0 Å². The summed E-state index contributed by atoms with van der Waals surface area (Å²) in [7, 11) is 0. The third kappa shape index (κ3) is 2.82. The summed E-state index contributed by atoms with van der Waals surface area (Å²) in [6.45, 7) is 4.80. The first-order chi connectivity index (χ1) is 12.2. The van der Waals surface area contributed by atoms with Crippen LogP contribution in [0.25, 0.3) is 5.65 Å². The SMILES string of the molecule is CCN(C(=O)C1CCc2nc3ccccn3c2C1)c1cccc(C)c1. The third-order valence-electron chi connectivity index (χ3n) is 5.13. The Labute approximate surface area is 148 Å². The largest absolute Gasteiger partial charge is 0.312 e. The molecule has 4 nitrogen and oxygen atoms in total. The number of aromatic nitrogens is 2. The monoisotopic (exact) mass is 333 g/mol. The molecule has 0 bridgehead atoms. The first-order valence-electron chi connectivity index (χ1n) is 9.00. The molecular weight excluding hydrogens is 310 g/mol. The smallest absolute Gasteiger partial charge is 0.230 e. The van der Waals surface area contributed by atoms with Crippen molar-refractivity contribution < 1.29 is 4.79 Å². The predicted molar refractivity (Wildman–Crippen MR) is 99.9 cm³/mol. The number of hydrogen-bond acceptors (Lipinski definition) is 2. The minimum atomic E-state index is 0.0214. The molecule has 1 unspecified atom stereocenters. The van der Waals surface area contributed by atoms with Gasteiger partial charge in [0.15, 0.2) is 0 Å². The number of nitrogens with zero attached hydrogens (tertiary/aromatic N) is 3. The minimum Gasteiger partial charge on any atom is -0.312 e. The molecule has 0 radical (unpaired) electrons. The molecule has 1 aliphatic rings. The van der Waals surface area contributed by atoms with Crippen LogP contribution < -0.4 is 4.90 Å². The van der Waals surface area contributed by atoms with E-state index in [1.165, 1.54) is 11.3 Å². The van der Waals surface area contributed by atoms with Crippen molar-refractivity contribution in [1.29, 1.82) is 0 Å². The van der Waals surface area contributed by atoms with Crippen LogP contribution in [0.5, 0.6) is 0 Å². The Kier molecular flexibility index (Phi) is 4.04. The lowest BCUT2D eigenvalue weighted by molar-refractivity contribution is -0.122. The lowest BCUT2D eigenvalue weighted by Crippen LogP contribution is -2.38. The van der Waals surface area contributed by atoms with Gasteiger partial charge in [0.25, 0.3) is 0 Å². The number of fused-ring (bicyclic) bond motifs is 3. The minimum absolute atomic E-state index is 0.0214. The summed E-state index contributed by atoms with van der Waals surface area (Å²) < 4.78 is 2.14. The number of benzene rings is 1. The molecule has 128 valence electrons. The van der Waals surface area contributed by atoms with Crippen molar-refractivity contribution in [2.24, 2.45) is 5.92 Å². The fourth-order valence-electron chi connectivity index (χ4n) is 3.85. The van der Waals surface area contributed by atoms with Gasteiger partial charge < -0.3 is 9.30 Å². The number of anilines is 1. The zero-order chi connectivity index (χ0) is 17.4. The van der Waals surface area contributed by atoms with Crippen LogP contribution >= 0.6 is 0 Å². The second-order valence-electron chi connectivity index (χ2n) is 6.80. The number of carbonyl (C=O) groups excluding carboxylic acids is 1. The van der Waals surface area contributed by atoms with Crippen molar-refractivity contribution in [2.45, 2.75) is 33.1 Å². The molecule has 1 atom stereocenters. The number of rotatable bonds is 3. The summed E-state index contributed by atoms with van der Waals surface area (Å²) in [6, 6.07) is 14.2. The van der Waals surface area contributed by atoms with Crippen molar-refractivity contribution >= 4 is 17.2 Å². The van der Waals surface area contributed by atoms with Gasteiger partial charge in [-0.2, -0.15) is 0 Å². The Balaban J connectivity index is 1.63. The molecule has 4 rings (SSSR count).